The van der Waals surface area contributed by atoms with Gasteiger partial charge in [0.2, 0.25) is 5.95 Å². The normalized spacial score (nSPS) is 11.8. The van der Waals surface area contributed by atoms with Crippen molar-refractivity contribution in [2.45, 2.75) is 19.8 Å². The molecule has 10 heteroatoms. The van der Waals surface area contributed by atoms with Gasteiger partial charge in [-0.25, -0.2) is 24.3 Å². The summed E-state index contributed by atoms with van der Waals surface area (Å²) < 4.78 is 14.3. The molecule has 3 aromatic heterocycles. The number of hydrogen-bond donors (Lipinski definition) is 3. The minimum absolute atomic E-state index is 0.000323. The number of nitrogens with one attached hydrogen (secondary N) is 3. The Morgan fingerprint density at radius 2 is 1.85 bits per heavy atom. The lowest BCUT2D eigenvalue weighted by molar-refractivity contribution is 0.0960. The first-order valence-electron chi connectivity index (χ1n) is 10.9. The second kappa shape index (κ2) is 10.2. The van der Waals surface area contributed by atoms with Gasteiger partial charge >= 0.3 is 0 Å². The fraction of sp³-hybridized carbons (Fsp3) is 0.250. The Balaban J connectivity index is 1.54. The molecule has 0 saturated heterocycles. The van der Waals surface area contributed by atoms with Crippen molar-refractivity contribution in [2.75, 3.05) is 30.8 Å². The Labute approximate surface area is 196 Å². The fourth-order valence-electron chi connectivity index (χ4n) is 3.66. The number of rotatable bonds is 8. The molecule has 9 nitrogen and oxygen atoms in total. The SMILES string of the molecule is CCNc1ncc(-c2cc(NC[C@@H](C)c3cccc4c(C(=O)NC)c(F)cnc34)ncn2)cn1. The fourth-order valence-corrected chi connectivity index (χ4v) is 3.66. The third-order valence-corrected chi connectivity index (χ3v) is 5.41. The maximum atomic E-state index is 14.3. The number of fused-ring (bicyclic) bond motifs is 1. The molecule has 0 bridgehead atoms. The van der Waals surface area contributed by atoms with Crippen molar-refractivity contribution in [1.82, 2.24) is 30.2 Å². The smallest absolute Gasteiger partial charge is 0.254 e. The monoisotopic (exact) mass is 460 g/mol. The molecule has 4 aromatic rings. The standard InChI is InChI=1S/C24H25FN8O/c1-4-27-24-30-10-15(11-31-24)19-8-20(33-13-32-19)28-9-14(2)16-6-5-7-17-21(23(34)26-3)18(25)12-29-22(16)17/h5-8,10-14H,4,9H2,1-3H3,(H,26,34)(H,27,30,31)(H,28,32,33)/t14-/m1/s1. The number of aromatic nitrogens is 5. The second-order valence-electron chi connectivity index (χ2n) is 7.70. The van der Waals surface area contributed by atoms with E-state index in [1.807, 2.05) is 32.0 Å². The van der Waals surface area contributed by atoms with E-state index in [0.717, 1.165) is 23.9 Å². The van der Waals surface area contributed by atoms with Crippen molar-refractivity contribution in [3.63, 3.8) is 0 Å². The van der Waals surface area contributed by atoms with Gasteiger partial charge in [-0.1, -0.05) is 25.1 Å². The predicted octanol–water partition coefficient (Wildman–Crippen LogP) is 3.63. The van der Waals surface area contributed by atoms with Crippen LogP contribution in [0.1, 0.15) is 35.7 Å². The third-order valence-electron chi connectivity index (χ3n) is 5.41. The molecule has 0 saturated carbocycles. The zero-order valence-electron chi connectivity index (χ0n) is 19.1. The van der Waals surface area contributed by atoms with E-state index in [1.165, 1.54) is 13.4 Å². The van der Waals surface area contributed by atoms with Gasteiger partial charge in [-0.3, -0.25) is 9.78 Å². The topological polar surface area (TPSA) is 118 Å². The number of amides is 1. The lowest BCUT2D eigenvalue weighted by Gasteiger charge is -2.17. The molecular formula is C24H25FN8O. The van der Waals surface area contributed by atoms with Gasteiger partial charge in [0.1, 0.15) is 12.1 Å². The van der Waals surface area contributed by atoms with E-state index in [-0.39, 0.29) is 11.5 Å². The van der Waals surface area contributed by atoms with Crippen molar-refractivity contribution in [2.24, 2.45) is 0 Å². The molecule has 1 aromatic carbocycles. The van der Waals surface area contributed by atoms with E-state index >= 15 is 0 Å². The molecule has 0 aliphatic rings. The molecule has 3 heterocycles. The molecule has 174 valence electrons. The minimum atomic E-state index is -0.647. The summed E-state index contributed by atoms with van der Waals surface area (Å²) in [6.07, 6.45) is 6.00. The van der Waals surface area contributed by atoms with E-state index in [9.17, 15) is 9.18 Å². The maximum absolute atomic E-state index is 14.3. The summed E-state index contributed by atoms with van der Waals surface area (Å²) in [6, 6.07) is 7.28. The van der Waals surface area contributed by atoms with Crippen molar-refractivity contribution in [3.05, 3.63) is 66.1 Å². The molecule has 0 fully saturated rings. The van der Waals surface area contributed by atoms with Gasteiger partial charge in [0.15, 0.2) is 5.82 Å². The third kappa shape index (κ3) is 4.75. The largest absolute Gasteiger partial charge is 0.369 e. The Hall–Kier alpha value is -4.21. The number of halogens is 1. The van der Waals surface area contributed by atoms with Crippen LogP contribution in [0.2, 0.25) is 0 Å². The van der Waals surface area contributed by atoms with Gasteiger partial charge < -0.3 is 16.0 Å². The average molecular weight is 461 g/mol. The van der Waals surface area contributed by atoms with E-state index in [0.29, 0.717) is 34.9 Å². The van der Waals surface area contributed by atoms with Gasteiger partial charge in [-0.15, -0.1) is 0 Å². The Bertz CT molecular complexity index is 1310. The van der Waals surface area contributed by atoms with Crippen LogP contribution >= 0.6 is 0 Å². The van der Waals surface area contributed by atoms with Crippen LogP contribution in [0.25, 0.3) is 22.2 Å². The van der Waals surface area contributed by atoms with Crippen molar-refractivity contribution in [1.29, 1.82) is 0 Å². The molecule has 34 heavy (non-hydrogen) atoms. The first-order chi connectivity index (χ1) is 16.5. The van der Waals surface area contributed by atoms with Crippen molar-refractivity contribution >= 4 is 28.6 Å². The van der Waals surface area contributed by atoms with Crippen LogP contribution in [0.4, 0.5) is 16.2 Å². The number of hydrogen-bond acceptors (Lipinski definition) is 8. The number of anilines is 2. The van der Waals surface area contributed by atoms with Gasteiger partial charge in [0.25, 0.3) is 5.91 Å². The Morgan fingerprint density at radius 1 is 1.06 bits per heavy atom. The first kappa shape index (κ1) is 23.0. The average Bonchev–Trinajstić information content (AvgIpc) is 2.87. The highest BCUT2D eigenvalue weighted by Crippen LogP contribution is 2.28. The summed E-state index contributed by atoms with van der Waals surface area (Å²) in [6.45, 7) is 5.29. The molecule has 1 amide bonds. The summed E-state index contributed by atoms with van der Waals surface area (Å²) >= 11 is 0. The molecule has 3 N–H and O–H groups in total. The van der Waals surface area contributed by atoms with Crippen LogP contribution in [0.3, 0.4) is 0 Å². The number of nitrogens with zero attached hydrogens (tertiary/aromatic N) is 5. The van der Waals surface area contributed by atoms with Gasteiger partial charge in [-0.05, 0) is 12.5 Å². The highest BCUT2D eigenvalue weighted by atomic mass is 19.1. The number of carbonyl (C=O) groups excluding carboxylic acids is 1. The first-order valence-corrected chi connectivity index (χ1v) is 10.9. The minimum Gasteiger partial charge on any atom is -0.369 e. The summed E-state index contributed by atoms with van der Waals surface area (Å²) in [4.78, 5) is 33.7. The lowest BCUT2D eigenvalue weighted by Crippen LogP contribution is -2.20. The van der Waals surface area contributed by atoms with Gasteiger partial charge in [-0.2, -0.15) is 0 Å². The van der Waals surface area contributed by atoms with Crippen LogP contribution in [-0.4, -0.2) is 51.0 Å². The molecule has 1 atom stereocenters. The van der Waals surface area contributed by atoms with E-state index in [1.54, 1.807) is 18.5 Å². The summed E-state index contributed by atoms with van der Waals surface area (Å²) in [5.74, 6) is 0.0866. The van der Waals surface area contributed by atoms with Crippen molar-refractivity contribution in [3.8, 4) is 11.3 Å². The van der Waals surface area contributed by atoms with E-state index < -0.39 is 11.7 Å². The number of pyridine rings is 1. The maximum Gasteiger partial charge on any atom is 0.254 e. The molecule has 0 unspecified atom stereocenters. The predicted molar refractivity (Wildman–Crippen MR) is 129 cm³/mol. The zero-order chi connectivity index (χ0) is 24.1. The van der Waals surface area contributed by atoms with Crippen LogP contribution in [0.5, 0.6) is 0 Å². The molecule has 0 aliphatic heterocycles. The summed E-state index contributed by atoms with van der Waals surface area (Å²) in [7, 11) is 1.48. The summed E-state index contributed by atoms with van der Waals surface area (Å²) in [5, 5.41) is 9.36. The van der Waals surface area contributed by atoms with Gasteiger partial charge in [0.05, 0.1) is 23.0 Å². The molecule has 4 rings (SSSR count). The molecule has 0 radical (unpaired) electrons. The lowest BCUT2D eigenvalue weighted by atomic mass is 9.96. The number of para-hydroxylation sites is 1. The molecule has 0 spiro atoms. The highest BCUT2D eigenvalue weighted by Gasteiger charge is 2.19. The Kier molecular flexibility index (Phi) is 6.86. The van der Waals surface area contributed by atoms with Crippen LogP contribution in [-0.2, 0) is 0 Å². The van der Waals surface area contributed by atoms with Crippen molar-refractivity contribution < 1.29 is 9.18 Å². The van der Waals surface area contributed by atoms with Crippen LogP contribution in [0.15, 0.2) is 49.2 Å². The summed E-state index contributed by atoms with van der Waals surface area (Å²) in [5.41, 5.74) is 2.97. The van der Waals surface area contributed by atoms with Crippen LogP contribution < -0.4 is 16.0 Å². The quantitative estimate of drug-likeness (QED) is 0.365. The highest BCUT2D eigenvalue weighted by molar-refractivity contribution is 6.06. The zero-order valence-corrected chi connectivity index (χ0v) is 19.1. The van der Waals surface area contributed by atoms with Crippen LogP contribution in [0, 0.1) is 5.82 Å². The molecule has 0 aliphatic carbocycles. The van der Waals surface area contributed by atoms with E-state index in [4.69, 9.17) is 0 Å². The number of benzene rings is 1. The number of carbonyl (C=O) groups is 1. The Morgan fingerprint density at radius 3 is 2.59 bits per heavy atom. The molecular weight excluding hydrogens is 435 g/mol. The van der Waals surface area contributed by atoms with E-state index in [2.05, 4.69) is 40.9 Å². The van der Waals surface area contributed by atoms with Gasteiger partial charge in [0, 0.05) is 55.5 Å². The second-order valence-corrected chi connectivity index (χ2v) is 7.70.